The predicted molar refractivity (Wildman–Crippen MR) is 84.3 cm³/mol. The number of carbonyl (C=O) groups is 1. The molecule has 3 heteroatoms. The molecule has 1 amide bonds. The summed E-state index contributed by atoms with van der Waals surface area (Å²) in [7, 11) is 0. The van der Waals surface area contributed by atoms with Gasteiger partial charge in [0.15, 0.2) is 0 Å². The zero-order chi connectivity index (χ0) is 14.5. The van der Waals surface area contributed by atoms with Gasteiger partial charge in [-0.25, -0.2) is 0 Å². The number of hydrogen-bond acceptors (Lipinski definition) is 2. The average Bonchev–Trinajstić information content (AvgIpc) is 2.39. The Morgan fingerprint density at radius 2 is 2.10 bits per heavy atom. The van der Waals surface area contributed by atoms with E-state index in [9.17, 15) is 4.79 Å². The Hall–Kier alpha value is -1.51. The number of carbonyl (C=O) groups excluding carboxylic acids is 1. The van der Waals surface area contributed by atoms with Gasteiger partial charge >= 0.3 is 0 Å². The van der Waals surface area contributed by atoms with Crippen LogP contribution >= 0.6 is 0 Å². The molecule has 0 saturated heterocycles. The van der Waals surface area contributed by atoms with Crippen molar-refractivity contribution in [2.45, 2.75) is 40.0 Å². The Bertz CT molecular complexity index is 466. The molecule has 1 aliphatic carbocycles. The third kappa shape index (κ3) is 3.33. The van der Waals surface area contributed by atoms with Crippen molar-refractivity contribution in [1.29, 1.82) is 0 Å². The molecule has 1 aromatic carbocycles. The summed E-state index contributed by atoms with van der Waals surface area (Å²) in [4.78, 5) is 14.8. The van der Waals surface area contributed by atoms with Gasteiger partial charge in [0.05, 0.1) is 5.56 Å². The monoisotopic (exact) mass is 274 g/mol. The zero-order valence-electron chi connectivity index (χ0n) is 12.9. The molecule has 1 aromatic rings. The van der Waals surface area contributed by atoms with Crippen LogP contribution in [0.25, 0.3) is 0 Å². The summed E-state index contributed by atoms with van der Waals surface area (Å²) in [6.45, 7) is 8.69. The van der Waals surface area contributed by atoms with E-state index in [1.165, 1.54) is 19.3 Å². The topological polar surface area (TPSA) is 32.3 Å². The van der Waals surface area contributed by atoms with Crippen molar-refractivity contribution >= 4 is 11.6 Å². The largest absolute Gasteiger partial charge is 0.385 e. The molecule has 3 nitrogen and oxygen atoms in total. The molecular formula is C17H26N2O. The summed E-state index contributed by atoms with van der Waals surface area (Å²) in [5.74, 6) is 0.880. The predicted octanol–water partition coefficient (Wildman–Crippen LogP) is 3.69. The normalized spacial score (nSPS) is 14.8. The first-order valence-electron chi connectivity index (χ1n) is 7.79. The standard InChI is InChI=1S/C17H26N2O/c1-4-18-16-10-9-13(3)11-15(16)17(20)19(5-2)12-14-7-6-8-14/h9-11,14,18H,4-8,12H2,1-3H3. The molecule has 0 radical (unpaired) electrons. The van der Waals surface area contributed by atoms with Gasteiger partial charge in [-0.2, -0.15) is 0 Å². The first kappa shape index (κ1) is 14.9. The highest BCUT2D eigenvalue weighted by atomic mass is 16.2. The molecular weight excluding hydrogens is 248 g/mol. The van der Waals surface area contributed by atoms with E-state index in [0.717, 1.165) is 36.4 Å². The smallest absolute Gasteiger partial charge is 0.255 e. The van der Waals surface area contributed by atoms with Crippen LogP contribution in [0.5, 0.6) is 0 Å². The molecule has 1 saturated carbocycles. The summed E-state index contributed by atoms with van der Waals surface area (Å²) in [5.41, 5.74) is 2.90. The molecule has 0 aliphatic heterocycles. The highest BCUT2D eigenvalue weighted by Crippen LogP contribution is 2.28. The van der Waals surface area contributed by atoms with Gasteiger partial charge in [0.2, 0.25) is 0 Å². The summed E-state index contributed by atoms with van der Waals surface area (Å²) in [5, 5.41) is 3.30. The molecule has 0 aromatic heterocycles. The number of nitrogens with one attached hydrogen (secondary N) is 1. The Morgan fingerprint density at radius 3 is 2.65 bits per heavy atom. The van der Waals surface area contributed by atoms with Crippen LogP contribution in [0.15, 0.2) is 18.2 Å². The third-order valence-electron chi connectivity index (χ3n) is 4.14. The minimum atomic E-state index is 0.166. The number of nitrogens with zero attached hydrogens (tertiary/aromatic N) is 1. The number of rotatable bonds is 6. The molecule has 2 rings (SSSR count). The van der Waals surface area contributed by atoms with Gasteiger partial charge in [-0.05, 0) is 51.7 Å². The maximum atomic E-state index is 12.8. The SMILES string of the molecule is CCNc1ccc(C)cc1C(=O)N(CC)CC1CCC1. The van der Waals surface area contributed by atoms with Crippen molar-refractivity contribution in [2.75, 3.05) is 25.0 Å². The second-order valence-corrected chi connectivity index (χ2v) is 5.72. The van der Waals surface area contributed by atoms with Crippen LogP contribution in [0.4, 0.5) is 5.69 Å². The van der Waals surface area contributed by atoms with E-state index in [1.54, 1.807) is 0 Å². The number of hydrogen-bond donors (Lipinski definition) is 1. The van der Waals surface area contributed by atoms with Gasteiger partial charge in [-0.3, -0.25) is 4.79 Å². The lowest BCUT2D eigenvalue weighted by Gasteiger charge is -2.32. The molecule has 1 fully saturated rings. The van der Waals surface area contributed by atoms with Gasteiger partial charge in [0.25, 0.3) is 5.91 Å². The van der Waals surface area contributed by atoms with Crippen LogP contribution in [0.3, 0.4) is 0 Å². The second kappa shape index (κ2) is 6.78. The van der Waals surface area contributed by atoms with E-state index in [1.807, 2.05) is 24.0 Å². The summed E-state index contributed by atoms with van der Waals surface area (Å²) in [6.07, 6.45) is 3.87. The van der Waals surface area contributed by atoms with E-state index in [0.29, 0.717) is 5.92 Å². The third-order valence-corrected chi connectivity index (χ3v) is 4.14. The molecule has 1 N–H and O–H groups in total. The van der Waals surface area contributed by atoms with E-state index >= 15 is 0 Å². The van der Waals surface area contributed by atoms with Crippen LogP contribution in [-0.2, 0) is 0 Å². The minimum Gasteiger partial charge on any atom is -0.385 e. The fourth-order valence-electron chi connectivity index (χ4n) is 2.69. The van der Waals surface area contributed by atoms with Crippen molar-refractivity contribution in [3.63, 3.8) is 0 Å². The highest BCUT2D eigenvalue weighted by Gasteiger charge is 2.24. The molecule has 0 bridgehead atoms. The van der Waals surface area contributed by atoms with Gasteiger partial charge in [0, 0.05) is 25.3 Å². The fraction of sp³-hybridized carbons (Fsp3) is 0.588. The first-order valence-corrected chi connectivity index (χ1v) is 7.79. The van der Waals surface area contributed by atoms with E-state index in [4.69, 9.17) is 0 Å². The van der Waals surface area contributed by atoms with Gasteiger partial charge in [0.1, 0.15) is 0 Å². The van der Waals surface area contributed by atoms with Gasteiger partial charge in [-0.1, -0.05) is 18.1 Å². The summed E-state index contributed by atoms with van der Waals surface area (Å²) >= 11 is 0. The van der Waals surface area contributed by atoms with E-state index in [2.05, 4.69) is 25.2 Å². The van der Waals surface area contributed by atoms with E-state index < -0.39 is 0 Å². The average molecular weight is 274 g/mol. The van der Waals surface area contributed by atoms with Gasteiger partial charge in [-0.15, -0.1) is 0 Å². The van der Waals surface area contributed by atoms with E-state index in [-0.39, 0.29) is 5.91 Å². The molecule has 1 aliphatic rings. The molecule has 110 valence electrons. The fourth-order valence-corrected chi connectivity index (χ4v) is 2.69. The van der Waals surface area contributed by atoms with Crippen LogP contribution < -0.4 is 5.32 Å². The number of benzene rings is 1. The van der Waals surface area contributed by atoms with Crippen molar-refractivity contribution < 1.29 is 4.79 Å². The maximum Gasteiger partial charge on any atom is 0.255 e. The van der Waals surface area contributed by atoms with Crippen LogP contribution in [0.1, 0.15) is 49.0 Å². The summed E-state index contributed by atoms with van der Waals surface area (Å²) < 4.78 is 0. The zero-order valence-corrected chi connectivity index (χ0v) is 12.9. The molecule has 0 atom stereocenters. The van der Waals surface area contributed by atoms with Crippen molar-refractivity contribution in [2.24, 2.45) is 5.92 Å². The Morgan fingerprint density at radius 1 is 1.35 bits per heavy atom. The number of amides is 1. The Balaban J connectivity index is 2.18. The highest BCUT2D eigenvalue weighted by molar-refractivity contribution is 5.99. The molecule has 0 spiro atoms. The summed E-state index contributed by atoms with van der Waals surface area (Å²) in [6, 6.07) is 6.07. The lowest BCUT2D eigenvalue weighted by Crippen LogP contribution is -2.37. The van der Waals surface area contributed by atoms with Gasteiger partial charge < -0.3 is 10.2 Å². The number of aryl methyl sites for hydroxylation is 1. The Labute approximate surface area is 122 Å². The Kier molecular flexibility index (Phi) is 5.05. The van der Waals surface area contributed by atoms with Crippen molar-refractivity contribution in [3.8, 4) is 0 Å². The lowest BCUT2D eigenvalue weighted by molar-refractivity contribution is 0.0707. The van der Waals surface area contributed by atoms with Crippen molar-refractivity contribution in [1.82, 2.24) is 4.90 Å². The minimum absolute atomic E-state index is 0.166. The van der Waals surface area contributed by atoms with Crippen LogP contribution in [-0.4, -0.2) is 30.4 Å². The van der Waals surface area contributed by atoms with Crippen LogP contribution in [0, 0.1) is 12.8 Å². The molecule has 0 unspecified atom stereocenters. The molecule has 0 heterocycles. The molecule has 20 heavy (non-hydrogen) atoms. The van der Waals surface area contributed by atoms with Crippen LogP contribution in [0.2, 0.25) is 0 Å². The second-order valence-electron chi connectivity index (χ2n) is 5.72. The number of anilines is 1. The quantitative estimate of drug-likeness (QED) is 0.858. The first-order chi connectivity index (χ1) is 9.65. The van der Waals surface area contributed by atoms with Crippen molar-refractivity contribution in [3.05, 3.63) is 29.3 Å². The maximum absolute atomic E-state index is 12.8. The lowest BCUT2D eigenvalue weighted by atomic mass is 9.85.